The second-order valence-electron chi connectivity index (χ2n) is 6.66. The Labute approximate surface area is 173 Å². The van der Waals surface area contributed by atoms with E-state index in [9.17, 15) is 4.79 Å². The summed E-state index contributed by atoms with van der Waals surface area (Å²) in [5, 5.41) is 3.54. The average Bonchev–Trinajstić information content (AvgIpc) is 3.41. The Morgan fingerprint density at radius 2 is 1.00 bits per heavy atom. The van der Waals surface area contributed by atoms with E-state index in [4.69, 9.17) is 0 Å². The lowest BCUT2D eigenvalue weighted by Crippen LogP contribution is -1.97. The monoisotopic (exact) mass is 391 g/mol. The lowest BCUT2D eigenvalue weighted by molar-refractivity contribution is 1.33. The van der Waals surface area contributed by atoms with Crippen molar-refractivity contribution in [1.29, 1.82) is 0 Å². The molecule has 146 valence electrons. The largest absolute Gasteiger partial charge is 0.361 e. The van der Waals surface area contributed by atoms with Gasteiger partial charge in [0, 0.05) is 34.9 Å². The number of aromatic amines is 2. The first-order valence-corrected chi connectivity index (χ1v) is 9.70. The SMILES string of the molecule is O=c1cccc2ccccc2n1.c1ccc2[nH]ccc2c1.c1ccc2[nH]ccc2c1. The van der Waals surface area contributed by atoms with Crippen LogP contribution in [0.4, 0.5) is 0 Å². The molecule has 0 fully saturated rings. The van der Waals surface area contributed by atoms with E-state index in [-0.39, 0.29) is 5.56 Å². The van der Waals surface area contributed by atoms with E-state index in [0.29, 0.717) is 0 Å². The second-order valence-corrected chi connectivity index (χ2v) is 6.66. The number of nitrogens with one attached hydrogen (secondary N) is 2. The van der Waals surface area contributed by atoms with Crippen LogP contribution < -0.4 is 5.56 Å². The minimum Gasteiger partial charge on any atom is -0.361 e. The zero-order valence-corrected chi connectivity index (χ0v) is 16.3. The third kappa shape index (κ3) is 4.80. The highest BCUT2D eigenvalue weighted by atomic mass is 16.1. The smallest absolute Gasteiger partial charge is 0.270 e. The van der Waals surface area contributed by atoms with E-state index >= 15 is 0 Å². The maximum Gasteiger partial charge on any atom is 0.270 e. The second kappa shape index (κ2) is 9.34. The molecule has 3 aromatic carbocycles. The van der Waals surface area contributed by atoms with Gasteiger partial charge in [-0.15, -0.1) is 0 Å². The number of hydrogen-bond acceptors (Lipinski definition) is 2. The van der Waals surface area contributed by atoms with Gasteiger partial charge in [-0.2, -0.15) is 0 Å². The number of nitrogens with zero attached hydrogens (tertiary/aromatic N) is 1. The summed E-state index contributed by atoms with van der Waals surface area (Å²) >= 11 is 0. The number of H-pyrrole nitrogens is 2. The molecular formula is C26H21N3O. The van der Waals surface area contributed by atoms with Crippen LogP contribution in [0.5, 0.6) is 0 Å². The summed E-state index contributed by atoms with van der Waals surface area (Å²) < 4.78 is 0. The molecule has 0 atom stereocenters. The van der Waals surface area contributed by atoms with E-state index in [1.54, 1.807) is 6.07 Å². The number of para-hydroxylation sites is 3. The van der Waals surface area contributed by atoms with Gasteiger partial charge in [0.2, 0.25) is 0 Å². The third-order valence-corrected chi connectivity index (χ3v) is 4.61. The van der Waals surface area contributed by atoms with E-state index in [2.05, 4.69) is 51.4 Å². The molecule has 3 heterocycles. The van der Waals surface area contributed by atoms with E-state index in [1.165, 1.54) is 27.9 Å². The van der Waals surface area contributed by atoms with Gasteiger partial charge >= 0.3 is 0 Å². The van der Waals surface area contributed by atoms with Crippen molar-refractivity contribution in [2.75, 3.05) is 0 Å². The quantitative estimate of drug-likeness (QED) is 0.337. The standard InChI is InChI=1S/C10H7NO.2C8H7N/c12-10-7-3-5-8-4-1-2-6-9(8)11-10;2*1-2-4-8-7(3-1)5-6-9-8/h1-7H;2*1-6,9H. The zero-order valence-electron chi connectivity index (χ0n) is 16.3. The predicted molar refractivity (Wildman–Crippen MR) is 125 cm³/mol. The first kappa shape index (κ1) is 19.2. The molecule has 0 saturated carbocycles. The minimum atomic E-state index is -0.198. The molecule has 0 aliphatic rings. The highest BCUT2D eigenvalue weighted by Crippen LogP contribution is 2.10. The molecule has 6 rings (SSSR count). The van der Waals surface area contributed by atoms with Crippen molar-refractivity contribution in [2.45, 2.75) is 0 Å². The van der Waals surface area contributed by atoms with Crippen LogP contribution in [0.3, 0.4) is 0 Å². The summed E-state index contributed by atoms with van der Waals surface area (Å²) in [5.74, 6) is 0. The van der Waals surface area contributed by atoms with Crippen LogP contribution in [0.15, 0.2) is 120 Å². The van der Waals surface area contributed by atoms with Crippen LogP contribution >= 0.6 is 0 Å². The Bertz CT molecular complexity index is 1310. The fourth-order valence-corrected chi connectivity index (χ4v) is 3.11. The predicted octanol–water partition coefficient (Wildman–Crippen LogP) is 5.93. The zero-order chi connectivity index (χ0) is 20.6. The summed E-state index contributed by atoms with van der Waals surface area (Å²) in [6.07, 6.45) is 3.90. The van der Waals surface area contributed by atoms with Gasteiger partial charge in [0.15, 0.2) is 0 Å². The molecule has 0 unspecified atom stereocenters. The van der Waals surface area contributed by atoms with Gasteiger partial charge in [-0.25, -0.2) is 4.98 Å². The van der Waals surface area contributed by atoms with E-state index in [0.717, 1.165) is 10.9 Å². The first-order chi connectivity index (χ1) is 14.8. The maximum absolute atomic E-state index is 11.0. The minimum absolute atomic E-state index is 0.198. The van der Waals surface area contributed by atoms with Crippen LogP contribution in [0, 0.1) is 0 Å². The van der Waals surface area contributed by atoms with Gasteiger partial charge in [0.05, 0.1) is 5.52 Å². The number of hydrogen-bond donors (Lipinski definition) is 2. The number of aromatic nitrogens is 3. The molecule has 4 nitrogen and oxygen atoms in total. The molecule has 0 spiro atoms. The van der Waals surface area contributed by atoms with Crippen molar-refractivity contribution in [1.82, 2.24) is 15.0 Å². The van der Waals surface area contributed by atoms with Crippen molar-refractivity contribution in [2.24, 2.45) is 0 Å². The van der Waals surface area contributed by atoms with Gasteiger partial charge < -0.3 is 9.97 Å². The van der Waals surface area contributed by atoms with Gasteiger partial charge in [-0.05, 0) is 41.1 Å². The summed E-state index contributed by atoms with van der Waals surface area (Å²) in [7, 11) is 0. The maximum atomic E-state index is 11.0. The topological polar surface area (TPSA) is 61.5 Å². The Morgan fingerprint density at radius 3 is 1.60 bits per heavy atom. The molecule has 2 N–H and O–H groups in total. The summed E-state index contributed by atoms with van der Waals surface area (Å²) in [5.41, 5.74) is 2.96. The van der Waals surface area contributed by atoms with Crippen molar-refractivity contribution < 1.29 is 0 Å². The molecule has 0 radical (unpaired) electrons. The van der Waals surface area contributed by atoms with Gasteiger partial charge in [0.25, 0.3) is 5.56 Å². The van der Waals surface area contributed by atoms with Gasteiger partial charge in [-0.1, -0.05) is 66.7 Å². The summed E-state index contributed by atoms with van der Waals surface area (Å²) in [6, 6.07) is 33.2. The Morgan fingerprint density at radius 1 is 0.500 bits per heavy atom. The fraction of sp³-hybridized carbons (Fsp3) is 0. The first-order valence-electron chi connectivity index (χ1n) is 9.70. The van der Waals surface area contributed by atoms with Crippen molar-refractivity contribution in [3.05, 3.63) is 126 Å². The molecule has 0 aliphatic carbocycles. The van der Waals surface area contributed by atoms with Crippen LogP contribution in [0.25, 0.3) is 32.7 Å². The van der Waals surface area contributed by atoms with Crippen LogP contribution in [0.2, 0.25) is 0 Å². The number of fused-ring (bicyclic) bond motifs is 3. The Hall–Kier alpha value is -4.18. The normalized spacial score (nSPS) is 10.1. The average molecular weight is 391 g/mol. The molecule has 3 aromatic heterocycles. The summed E-state index contributed by atoms with van der Waals surface area (Å²) in [6.45, 7) is 0. The Balaban J connectivity index is 0.000000111. The fourth-order valence-electron chi connectivity index (χ4n) is 3.11. The lowest BCUT2D eigenvalue weighted by Gasteiger charge is -1.86. The lowest BCUT2D eigenvalue weighted by atomic mass is 10.2. The van der Waals surface area contributed by atoms with Gasteiger partial charge in [0.1, 0.15) is 0 Å². The number of benzene rings is 3. The van der Waals surface area contributed by atoms with E-state index in [1.807, 2.05) is 67.0 Å². The molecule has 0 saturated heterocycles. The van der Waals surface area contributed by atoms with Gasteiger partial charge in [-0.3, -0.25) is 4.79 Å². The third-order valence-electron chi connectivity index (χ3n) is 4.61. The van der Waals surface area contributed by atoms with E-state index < -0.39 is 0 Å². The molecule has 0 aliphatic heterocycles. The highest BCUT2D eigenvalue weighted by Gasteiger charge is 1.90. The molecule has 6 aromatic rings. The molecule has 0 bridgehead atoms. The van der Waals surface area contributed by atoms with Crippen molar-refractivity contribution in [3.63, 3.8) is 0 Å². The molecule has 0 amide bonds. The highest BCUT2D eigenvalue weighted by molar-refractivity contribution is 5.79. The van der Waals surface area contributed by atoms with Crippen LogP contribution in [0.1, 0.15) is 0 Å². The molecule has 4 heteroatoms. The van der Waals surface area contributed by atoms with Crippen molar-refractivity contribution >= 4 is 32.7 Å². The van der Waals surface area contributed by atoms with Crippen LogP contribution in [-0.4, -0.2) is 15.0 Å². The summed E-state index contributed by atoms with van der Waals surface area (Å²) in [4.78, 5) is 21.1. The number of rotatable bonds is 0. The molecule has 30 heavy (non-hydrogen) atoms. The van der Waals surface area contributed by atoms with Crippen LogP contribution in [-0.2, 0) is 0 Å². The van der Waals surface area contributed by atoms with Crippen molar-refractivity contribution in [3.8, 4) is 0 Å². The molecular weight excluding hydrogens is 370 g/mol. The Kier molecular flexibility index (Phi) is 5.97.